The number of hydrogen-bond donors (Lipinski definition) is 0. The first-order valence-electron chi connectivity index (χ1n) is 8.35. The molecule has 0 bridgehead atoms. The van der Waals surface area contributed by atoms with E-state index in [2.05, 4.69) is 21.7 Å². The van der Waals surface area contributed by atoms with E-state index in [9.17, 15) is 13.2 Å². The van der Waals surface area contributed by atoms with Crippen LogP contribution in [0.2, 0.25) is 0 Å². The molecule has 2 aromatic carbocycles. The Morgan fingerprint density at radius 3 is 2.52 bits per heavy atom. The molecule has 2 heterocycles. The zero-order valence-corrected chi connectivity index (χ0v) is 13.8. The van der Waals surface area contributed by atoms with E-state index in [4.69, 9.17) is 0 Å². The molecule has 0 radical (unpaired) electrons. The van der Waals surface area contributed by atoms with Crippen LogP contribution in [0.15, 0.2) is 53.5 Å². The Bertz CT molecular complexity index is 814. The van der Waals surface area contributed by atoms with Gasteiger partial charge in [0.2, 0.25) is 5.96 Å². The van der Waals surface area contributed by atoms with E-state index < -0.39 is 11.7 Å². The second-order valence-electron chi connectivity index (χ2n) is 6.27. The summed E-state index contributed by atoms with van der Waals surface area (Å²) in [6.45, 7) is 4.47. The second kappa shape index (κ2) is 5.79. The van der Waals surface area contributed by atoms with Gasteiger partial charge in [0.25, 0.3) is 0 Å². The third kappa shape index (κ3) is 2.65. The lowest BCUT2D eigenvalue weighted by atomic mass is 9.93. The highest BCUT2D eigenvalue weighted by molar-refractivity contribution is 5.88. The van der Waals surface area contributed by atoms with Crippen LogP contribution in [0.4, 0.5) is 18.9 Å². The predicted molar refractivity (Wildman–Crippen MR) is 90.8 cm³/mol. The topological polar surface area (TPSA) is 18.8 Å². The van der Waals surface area contributed by atoms with Gasteiger partial charge in [-0.25, -0.2) is 4.99 Å². The molecule has 2 aliphatic rings. The predicted octanol–water partition coefficient (Wildman–Crippen LogP) is 4.43. The van der Waals surface area contributed by atoms with Gasteiger partial charge in [-0.05, 0) is 30.7 Å². The molecule has 2 aromatic rings. The molecule has 25 heavy (non-hydrogen) atoms. The summed E-state index contributed by atoms with van der Waals surface area (Å²) < 4.78 is 39.6. The van der Waals surface area contributed by atoms with Crippen molar-refractivity contribution in [2.75, 3.05) is 19.6 Å². The van der Waals surface area contributed by atoms with Gasteiger partial charge in [-0.3, -0.25) is 0 Å². The van der Waals surface area contributed by atoms with Crippen molar-refractivity contribution in [1.29, 1.82) is 0 Å². The third-order valence-corrected chi connectivity index (χ3v) is 4.83. The van der Waals surface area contributed by atoms with Crippen molar-refractivity contribution in [3.8, 4) is 0 Å². The first kappa shape index (κ1) is 16.0. The lowest BCUT2D eigenvalue weighted by molar-refractivity contribution is -0.137. The van der Waals surface area contributed by atoms with E-state index in [-0.39, 0.29) is 6.04 Å². The number of rotatable bonds is 2. The maximum absolute atomic E-state index is 13.2. The third-order valence-electron chi connectivity index (χ3n) is 4.83. The van der Waals surface area contributed by atoms with Crippen LogP contribution in [0.25, 0.3) is 0 Å². The molecule has 0 aromatic heterocycles. The van der Waals surface area contributed by atoms with Gasteiger partial charge in [0.1, 0.15) is 0 Å². The van der Waals surface area contributed by atoms with Gasteiger partial charge in [0.05, 0.1) is 17.3 Å². The molecule has 0 N–H and O–H groups in total. The molecule has 0 spiro atoms. The normalized spacial score (nSPS) is 19.5. The van der Waals surface area contributed by atoms with E-state index in [0.717, 1.165) is 37.2 Å². The number of guanidine groups is 1. The highest BCUT2D eigenvalue weighted by Gasteiger charge is 2.39. The summed E-state index contributed by atoms with van der Waals surface area (Å²) in [5.74, 6) is 0.851. The first-order valence-corrected chi connectivity index (χ1v) is 8.35. The molecule has 3 nitrogen and oxygen atoms in total. The minimum atomic E-state index is -4.36. The minimum Gasteiger partial charge on any atom is -0.341 e. The Hall–Kier alpha value is -2.50. The maximum Gasteiger partial charge on any atom is 0.416 e. The fourth-order valence-corrected chi connectivity index (χ4v) is 3.61. The highest BCUT2D eigenvalue weighted by Crippen LogP contribution is 2.43. The molecule has 1 atom stereocenters. The summed E-state index contributed by atoms with van der Waals surface area (Å²) >= 11 is 0. The average molecular weight is 345 g/mol. The van der Waals surface area contributed by atoms with E-state index in [1.807, 2.05) is 30.3 Å². The average Bonchev–Trinajstić information content (AvgIpc) is 3.01. The van der Waals surface area contributed by atoms with Crippen LogP contribution in [-0.2, 0) is 6.18 Å². The van der Waals surface area contributed by atoms with E-state index >= 15 is 0 Å². The SMILES string of the molecule is CCN1CCN2C1=Nc1ccc(C(F)(F)F)cc1C2c1ccccc1. The molecule has 0 amide bonds. The number of alkyl halides is 3. The number of benzene rings is 2. The van der Waals surface area contributed by atoms with Crippen LogP contribution in [0, 0.1) is 0 Å². The smallest absolute Gasteiger partial charge is 0.341 e. The summed E-state index contributed by atoms with van der Waals surface area (Å²) in [4.78, 5) is 8.94. The van der Waals surface area contributed by atoms with Crippen molar-refractivity contribution in [3.63, 3.8) is 0 Å². The van der Waals surface area contributed by atoms with E-state index in [1.54, 1.807) is 0 Å². The molecular formula is C19H18F3N3. The molecule has 0 aliphatic carbocycles. The molecule has 4 rings (SSSR count). The zero-order valence-electron chi connectivity index (χ0n) is 13.8. The second-order valence-corrected chi connectivity index (χ2v) is 6.27. The Morgan fingerprint density at radius 2 is 1.84 bits per heavy atom. The standard InChI is InChI=1S/C19H18F3N3/c1-2-24-10-11-25-17(13-6-4-3-5-7-13)15-12-14(19(20,21)22)8-9-16(15)23-18(24)25/h3-9,12,17H,2,10-11H2,1H3. The first-order chi connectivity index (χ1) is 12.0. The van der Waals surface area contributed by atoms with Crippen LogP contribution in [0.5, 0.6) is 0 Å². The van der Waals surface area contributed by atoms with Crippen molar-refractivity contribution in [3.05, 3.63) is 65.2 Å². The van der Waals surface area contributed by atoms with Crippen molar-refractivity contribution < 1.29 is 13.2 Å². The van der Waals surface area contributed by atoms with Crippen LogP contribution < -0.4 is 0 Å². The maximum atomic E-state index is 13.2. The minimum absolute atomic E-state index is 0.248. The van der Waals surface area contributed by atoms with Crippen molar-refractivity contribution in [2.24, 2.45) is 4.99 Å². The lowest BCUT2D eigenvalue weighted by Crippen LogP contribution is -2.38. The highest BCUT2D eigenvalue weighted by atomic mass is 19.4. The van der Waals surface area contributed by atoms with Gasteiger partial charge >= 0.3 is 6.18 Å². The fraction of sp³-hybridized carbons (Fsp3) is 0.316. The van der Waals surface area contributed by atoms with Gasteiger partial charge in [-0.2, -0.15) is 13.2 Å². The summed E-state index contributed by atoms with van der Waals surface area (Å²) in [6, 6.07) is 13.3. The van der Waals surface area contributed by atoms with E-state index in [1.165, 1.54) is 12.1 Å². The van der Waals surface area contributed by atoms with Gasteiger partial charge < -0.3 is 9.80 Å². The van der Waals surface area contributed by atoms with Crippen LogP contribution in [0.1, 0.15) is 29.7 Å². The van der Waals surface area contributed by atoms with Crippen molar-refractivity contribution in [1.82, 2.24) is 9.80 Å². The Morgan fingerprint density at radius 1 is 1.08 bits per heavy atom. The molecule has 1 unspecified atom stereocenters. The monoisotopic (exact) mass is 345 g/mol. The van der Waals surface area contributed by atoms with Gasteiger partial charge in [0.15, 0.2) is 0 Å². The molecule has 1 fully saturated rings. The summed E-state index contributed by atoms with van der Waals surface area (Å²) in [5.41, 5.74) is 1.59. The number of hydrogen-bond acceptors (Lipinski definition) is 3. The van der Waals surface area contributed by atoms with Gasteiger partial charge in [-0.15, -0.1) is 0 Å². The van der Waals surface area contributed by atoms with Crippen LogP contribution >= 0.6 is 0 Å². The number of fused-ring (bicyclic) bond motifs is 2. The largest absolute Gasteiger partial charge is 0.416 e. The number of halogens is 3. The Labute approximate surface area is 144 Å². The van der Waals surface area contributed by atoms with Gasteiger partial charge in [-0.1, -0.05) is 30.3 Å². The Kier molecular flexibility index (Phi) is 3.71. The molecule has 2 aliphatic heterocycles. The number of aliphatic imine (C=N–C) groups is 1. The molecular weight excluding hydrogens is 327 g/mol. The summed E-state index contributed by atoms with van der Waals surface area (Å²) in [6.07, 6.45) is -4.36. The molecule has 6 heteroatoms. The summed E-state index contributed by atoms with van der Waals surface area (Å²) in [5, 5.41) is 0. The molecule has 0 saturated carbocycles. The fourth-order valence-electron chi connectivity index (χ4n) is 3.61. The van der Waals surface area contributed by atoms with E-state index in [0.29, 0.717) is 11.3 Å². The molecule has 130 valence electrons. The number of nitrogens with zero attached hydrogens (tertiary/aromatic N) is 3. The van der Waals surface area contributed by atoms with Crippen molar-refractivity contribution >= 4 is 11.6 Å². The molecule has 1 saturated heterocycles. The lowest BCUT2D eigenvalue weighted by Gasteiger charge is -2.36. The quantitative estimate of drug-likeness (QED) is 0.802. The zero-order chi connectivity index (χ0) is 17.6. The summed E-state index contributed by atoms with van der Waals surface area (Å²) in [7, 11) is 0. The van der Waals surface area contributed by atoms with Crippen molar-refractivity contribution in [2.45, 2.75) is 19.1 Å². The van der Waals surface area contributed by atoms with Crippen LogP contribution in [0.3, 0.4) is 0 Å². The number of likely N-dealkylation sites (N-methyl/N-ethyl adjacent to an activating group) is 1. The Balaban J connectivity index is 1.90. The van der Waals surface area contributed by atoms with Crippen LogP contribution in [-0.4, -0.2) is 35.4 Å². The van der Waals surface area contributed by atoms with Gasteiger partial charge in [0, 0.05) is 25.2 Å².